The molecule has 1 rings (SSSR count). The van der Waals surface area contributed by atoms with Crippen LogP contribution < -0.4 is 4.90 Å². The van der Waals surface area contributed by atoms with Crippen LogP contribution in [0.5, 0.6) is 0 Å². The number of pyridine rings is 1. The van der Waals surface area contributed by atoms with Gasteiger partial charge in [0, 0.05) is 19.3 Å². The second kappa shape index (κ2) is 6.12. The molecule has 0 amide bonds. The number of hydrogen-bond acceptors (Lipinski definition) is 3. The van der Waals surface area contributed by atoms with Crippen molar-refractivity contribution in [2.24, 2.45) is 0 Å². The molecule has 0 aliphatic carbocycles. The summed E-state index contributed by atoms with van der Waals surface area (Å²) in [6, 6.07) is 5.82. The van der Waals surface area contributed by atoms with E-state index >= 15 is 0 Å². The largest absolute Gasteiger partial charge is 0.360 e. The molecule has 0 aromatic carbocycles. The normalized spacial score (nSPS) is 9.88. The van der Waals surface area contributed by atoms with Crippen molar-refractivity contribution in [1.82, 2.24) is 4.98 Å². The summed E-state index contributed by atoms with van der Waals surface area (Å²) in [5.41, 5.74) is 1.58. The lowest BCUT2D eigenvalue weighted by Gasteiger charge is -2.18. The molecular formula is C13H19N3. The van der Waals surface area contributed by atoms with Gasteiger partial charge in [0.15, 0.2) is 0 Å². The zero-order chi connectivity index (χ0) is 12.0. The van der Waals surface area contributed by atoms with Gasteiger partial charge in [0.1, 0.15) is 5.82 Å². The molecule has 0 fully saturated rings. The molecule has 0 N–H and O–H groups in total. The van der Waals surface area contributed by atoms with Gasteiger partial charge in [-0.05, 0) is 25.5 Å². The maximum Gasteiger partial charge on any atom is 0.129 e. The van der Waals surface area contributed by atoms with E-state index in [1.54, 1.807) is 0 Å². The summed E-state index contributed by atoms with van der Waals surface area (Å²) >= 11 is 0. The number of aromatic nitrogens is 1. The molecule has 16 heavy (non-hydrogen) atoms. The summed E-state index contributed by atoms with van der Waals surface area (Å²) in [4.78, 5) is 6.55. The third-order valence-corrected chi connectivity index (χ3v) is 2.56. The second-order valence-electron chi connectivity index (χ2n) is 4.10. The van der Waals surface area contributed by atoms with Gasteiger partial charge in [-0.15, -0.1) is 0 Å². The summed E-state index contributed by atoms with van der Waals surface area (Å²) in [6.45, 7) is 5.11. The van der Waals surface area contributed by atoms with E-state index in [4.69, 9.17) is 5.26 Å². The molecule has 1 aromatic heterocycles. The van der Waals surface area contributed by atoms with Gasteiger partial charge in [0.2, 0.25) is 0 Å². The highest BCUT2D eigenvalue weighted by Gasteiger charge is 2.04. The van der Waals surface area contributed by atoms with E-state index in [9.17, 15) is 0 Å². The predicted molar refractivity (Wildman–Crippen MR) is 66.5 cm³/mol. The van der Waals surface area contributed by atoms with Crippen LogP contribution in [0, 0.1) is 18.3 Å². The van der Waals surface area contributed by atoms with Crippen LogP contribution in [0.3, 0.4) is 0 Å². The van der Waals surface area contributed by atoms with Crippen LogP contribution in [-0.2, 0) is 0 Å². The van der Waals surface area contributed by atoms with E-state index < -0.39 is 0 Å². The molecular weight excluding hydrogens is 198 g/mol. The Morgan fingerprint density at radius 2 is 2.12 bits per heavy atom. The molecule has 0 unspecified atom stereocenters. The fourth-order valence-corrected chi connectivity index (χ4v) is 1.62. The lowest BCUT2D eigenvalue weighted by molar-refractivity contribution is 0.701. The van der Waals surface area contributed by atoms with Crippen molar-refractivity contribution in [2.45, 2.75) is 33.1 Å². The number of rotatable bonds is 5. The van der Waals surface area contributed by atoms with Crippen molar-refractivity contribution >= 4 is 5.82 Å². The van der Waals surface area contributed by atoms with E-state index in [1.807, 2.05) is 26.1 Å². The van der Waals surface area contributed by atoms with Crippen LogP contribution in [-0.4, -0.2) is 18.6 Å². The minimum Gasteiger partial charge on any atom is -0.360 e. The number of hydrogen-bond donors (Lipinski definition) is 0. The molecule has 1 heterocycles. The van der Waals surface area contributed by atoms with Crippen molar-refractivity contribution in [2.75, 3.05) is 18.5 Å². The van der Waals surface area contributed by atoms with Crippen LogP contribution in [0.2, 0.25) is 0 Å². The summed E-state index contributed by atoms with van der Waals surface area (Å²) in [7, 11) is 2.03. The molecule has 0 bridgehead atoms. The molecule has 0 spiro atoms. The minimum absolute atomic E-state index is 0.685. The summed E-state index contributed by atoms with van der Waals surface area (Å²) in [5, 5.41) is 8.89. The fourth-order valence-electron chi connectivity index (χ4n) is 1.62. The Kier molecular flexibility index (Phi) is 4.78. The van der Waals surface area contributed by atoms with Gasteiger partial charge in [0.05, 0.1) is 11.6 Å². The zero-order valence-corrected chi connectivity index (χ0v) is 10.3. The first-order valence-electron chi connectivity index (χ1n) is 5.77. The van der Waals surface area contributed by atoms with Crippen LogP contribution in [0.4, 0.5) is 5.82 Å². The lowest BCUT2D eigenvalue weighted by atomic mass is 10.2. The summed E-state index contributed by atoms with van der Waals surface area (Å²) in [5.74, 6) is 0.896. The van der Waals surface area contributed by atoms with Crippen LogP contribution in [0.25, 0.3) is 0 Å². The number of aryl methyl sites for hydroxylation is 1. The molecule has 3 nitrogen and oxygen atoms in total. The Bertz CT molecular complexity index is 379. The van der Waals surface area contributed by atoms with Crippen molar-refractivity contribution < 1.29 is 0 Å². The van der Waals surface area contributed by atoms with Crippen molar-refractivity contribution in [3.05, 3.63) is 23.4 Å². The van der Waals surface area contributed by atoms with Gasteiger partial charge in [-0.2, -0.15) is 5.26 Å². The Labute approximate surface area is 97.7 Å². The third-order valence-electron chi connectivity index (χ3n) is 2.56. The van der Waals surface area contributed by atoms with Crippen LogP contribution >= 0.6 is 0 Å². The van der Waals surface area contributed by atoms with Crippen LogP contribution in [0.15, 0.2) is 12.1 Å². The van der Waals surface area contributed by atoms with E-state index in [0.29, 0.717) is 5.56 Å². The minimum atomic E-state index is 0.685. The molecule has 0 radical (unpaired) electrons. The van der Waals surface area contributed by atoms with Gasteiger partial charge in [-0.1, -0.05) is 19.8 Å². The summed E-state index contributed by atoms with van der Waals surface area (Å²) < 4.78 is 0. The van der Waals surface area contributed by atoms with Crippen molar-refractivity contribution in [1.29, 1.82) is 5.26 Å². The molecule has 86 valence electrons. The number of anilines is 1. The maximum atomic E-state index is 8.89. The molecule has 0 saturated heterocycles. The molecule has 1 aromatic rings. The lowest BCUT2D eigenvalue weighted by Crippen LogP contribution is -2.20. The highest BCUT2D eigenvalue weighted by atomic mass is 15.2. The SMILES string of the molecule is CCCCCN(C)c1cc(C#N)cc(C)n1. The molecule has 0 saturated carbocycles. The van der Waals surface area contributed by atoms with E-state index in [0.717, 1.165) is 18.1 Å². The Balaban J connectivity index is 2.71. The summed E-state index contributed by atoms with van der Waals surface area (Å²) in [6.07, 6.45) is 3.63. The second-order valence-corrected chi connectivity index (χ2v) is 4.10. The average Bonchev–Trinajstić information content (AvgIpc) is 2.28. The highest BCUT2D eigenvalue weighted by molar-refractivity contribution is 5.45. The van der Waals surface area contributed by atoms with Gasteiger partial charge in [0.25, 0.3) is 0 Å². The number of nitriles is 1. The Morgan fingerprint density at radius 1 is 1.38 bits per heavy atom. The van der Waals surface area contributed by atoms with Gasteiger partial charge in [-0.25, -0.2) is 4.98 Å². The molecule has 3 heteroatoms. The van der Waals surface area contributed by atoms with Gasteiger partial charge >= 0.3 is 0 Å². The van der Waals surface area contributed by atoms with E-state index in [-0.39, 0.29) is 0 Å². The smallest absolute Gasteiger partial charge is 0.129 e. The quantitative estimate of drug-likeness (QED) is 0.712. The fraction of sp³-hybridized carbons (Fsp3) is 0.538. The monoisotopic (exact) mass is 217 g/mol. The standard InChI is InChI=1S/C13H19N3/c1-4-5-6-7-16(3)13-9-12(10-14)8-11(2)15-13/h8-9H,4-7H2,1-3H3. The van der Waals surface area contributed by atoms with Gasteiger partial charge in [-0.3, -0.25) is 0 Å². The number of unbranched alkanes of at least 4 members (excludes halogenated alkanes) is 2. The molecule has 0 atom stereocenters. The van der Waals surface area contributed by atoms with Crippen LogP contribution in [0.1, 0.15) is 37.4 Å². The maximum absolute atomic E-state index is 8.89. The van der Waals surface area contributed by atoms with E-state index in [2.05, 4.69) is 22.9 Å². The zero-order valence-electron chi connectivity index (χ0n) is 10.3. The highest BCUT2D eigenvalue weighted by Crippen LogP contribution is 2.13. The Morgan fingerprint density at radius 3 is 2.75 bits per heavy atom. The Hall–Kier alpha value is -1.56. The predicted octanol–water partition coefficient (Wildman–Crippen LogP) is 2.89. The topological polar surface area (TPSA) is 39.9 Å². The van der Waals surface area contributed by atoms with Gasteiger partial charge < -0.3 is 4.90 Å². The number of nitrogens with zero attached hydrogens (tertiary/aromatic N) is 3. The third kappa shape index (κ3) is 3.54. The molecule has 0 aliphatic heterocycles. The average molecular weight is 217 g/mol. The first-order valence-corrected chi connectivity index (χ1v) is 5.77. The molecule has 0 aliphatic rings. The first-order chi connectivity index (χ1) is 7.67. The first kappa shape index (κ1) is 12.5. The van der Waals surface area contributed by atoms with E-state index in [1.165, 1.54) is 19.3 Å². The van der Waals surface area contributed by atoms with Crippen molar-refractivity contribution in [3.63, 3.8) is 0 Å². The van der Waals surface area contributed by atoms with Crippen molar-refractivity contribution in [3.8, 4) is 6.07 Å².